The molecule has 2 unspecified atom stereocenters. The molecule has 1 heterocycles. The summed E-state index contributed by atoms with van der Waals surface area (Å²) in [7, 11) is 2.07. The van der Waals surface area contributed by atoms with Crippen LogP contribution in [-0.2, 0) is 18.3 Å². The van der Waals surface area contributed by atoms with Crippen LogP contribution < -0.4 is 5.32 Å². The zero-order valence-corrected chi connectivity index (χ0v) is 14.1. The van der Waals surface area contributed by atoms with E-state index in [4.69, 9.17) is 4.98 Å². The Morgan fingerprint density at radius 2 is 2.05 bits per heavy atom. The normalized spacial score (nSPS) is 21.5. The van der Waals surface area contributed by atoms with Crippen molar-refractivity contribution in [3.8, 4) is 0 Å². The van der Waals surface area contributed by atoms with E-state index in [1.807, 2.05) is 11.3 Å². The summed E-state index contributed by atoms with van der Waals surface area (Å²) < 4.78 is 0. The monoisotopic (exact) mass is 300 g/mol. The van der Waals surface area contributed by atoms with Crippen molar-refractivity contribution in [1.82, 2.24) is 10.3 Å². The highest BCUT2D eigenvalue weighted by Gasteiger charge is 2.32. The van der Waals surface area contributed by atoms with Crippen molar-refractivity contribution < 1.29 is 0 Å². The van der Waals surface area contributed by atoms with Crippen molar-refractivity contribution in [3.63, 3.8) is 0 Å². The lowest BCUT2D eigenvalue weighted by Crippen LogP contribution is -2.23. The predicted octanol–water partition coefficient (Wildman–Crippen LogP) is 4.12. The molecule has 0 saturated heterocycles. The van der Waals surface area contributed by atoms with Gasteiger partial charge in [-0.3, -0.25) is 0 Å². The van der Waals surface area contributed by atoms with Gasteiger partial charge >= 0.3 is 0 Å². The van der Waals surface area contributed by atoms with Crippen LogP contribution in [-0.4, -0.2) is 12.0 Å². The van der Waals surface area contributed by atoms with Crippen LogP contribution in [0.1, 0.15) is 48.6 Å². The number of nitrogens with zero attached hydrogens (tertiary/aromatic N) is 1. The Bertz CT molecular complexity index is 624. The quantitative estimate of drug-likeness (QED) is 0.922. The van der Waals surface area contributed by atoms with Gasteiger partial charge in [0.25, 0.3) is 0 Å². The first-order chi connectivity index (χ1) is 9.99. The molecule has 1 N–H and O–H groups in total. The maximum Gasteiger partial charge on any atom is 0.0932 e. The van der Waals surface area contributed by atoms with Crippen LogP contribution in [0.25, 0.3) is 0 Å². The molecule has 2 atom stereocenters. The second-order valence-corrected chi connectivity index (χ2v) is 7.95. The number of hydrogen-bond acceptors (Lipinski definition) is 3. The van der Waals surface area contributed by atoms with Crippen molar-refractivity contribution in [2.45, 2.75) is 45.1 Å². The fourth-order valence-corrected chi connectivity index (χ4v) is 4.35. The maximum absolute atomic E-state index is 4.87. The zero-order chi connectivity index (χ0) is 15.0. The molecular weight excluding hydrogens is 276 g/mol. The van der Waals surface area contributed by atoms with Crippen molar-refractivity contribution in [3.05, 3.63) is 51.5 Å². The summed E-state index contributed by atoms with van der Waals surface area (Å²) >= 11 is 1.82. The lowest BCUT2D eigenvalue weighted by Gasteiger charge is -2.19. The molecule has 0 fully saturated rings. The van der Waals surface area contributed by atoms with Crippen molar-refractivity contribution in [2.75, 3.05) is 7.05 Å². The largest absolute Gasteiger partial charge is 0.313 e. The van der Waals surface area contributed by atoms with E-state index in [1.165, 1.54) is 21.8 Å². The summed E-state index contributed by atoms with van der Waals surface area (Å²) in [6.45, 7) is 6.69. The van der Waals surface area contributed by atoms with E-state index < -0.39 is 0 Å². The Balaban J connectivity index is 1.79. The highest BCUT2D eigenvalue weighted by atomic mass is 32.1. The molecule has 0 spiro atoms. The molecule has 1 aliphatic carbocycles. The third kappa shape index (κ3) is 2.90. The van der Waals surface area contributed by atoms with Gasteiger partial charge in [0.05, 0.1) is 10.7 Å². The Kier molecular flexibility index (Phi) is 3.89. The van der Waals surface area contributed by atoms with Crippen molar-refractivity contribution in [1.29, 1.82) is 0 Å². The molecule has 2 aromatic rings. The number of hydrogen-bond donors (Lipinski definition) is 1. The Morgan fingerprint density at radius 1 is 1.29 bits per heavy atom. The van der Waals surface area contributed by atoms with Crippen LogP contribution in [0, 0.1) is 5.92 Å². The Labute approximate surface area is 131 Å². The van der Waals surface area contributed by atoms with Crippen LogP contribution in [0.15, 0.2) is 29.6 Å². The van der Waals surface area contributed by atoms with Gasteiger partial charge in [-0.2, -0.15) is 0 Å². The van der Waals surface area contributed by atoms with Gasteiger partial charge in [-0.05, 0) is 30.5 Å². The smallest absolute Gasteiger partial charge is 0.0932 e. The van der Waals surface area contributed by atoms with Crippen LogP contribution in [0.2, 0.25) is 0 Å². The standard InChI is InChI=1S/C18H24N2S/c1-18(2,3)15-11-21-16(20-15)10-13-9-12-7-5-6-8-14(12)17(13)19-4/h5-8,11,13,17,19H,9-10H2,1-4H3. The number of rotatable bonds is 3. The minimum Gasteiger partial charge on any atom is -0.313 e. The SMILES string of the molecule is CNC1c2ccccc2CC1Cc1nc(C(C)(C)C)cs1. The molecule has 0 aliphatic heterocycles. The molecule has 2 nitrogen and oxygen atoms in total. The summed E-state index contributed by atoms with van der Waals surface area (Å²) in [5.74, 6) is 0.617. The molecule has 0 amide bonds. The first kappa shape index (κ1) is 14.7. The molecule has 0 saturated carbocycles. The van der Waals surface area contributed by atoms with E-state index in [1.54, 1.807) is 0 Å². The van der Waals surface area contributed by atoms with Crippen LogP contribution >= 0.6 is 11.3 Å². The Hall–Kier alpha value is -1.19. The molecule has 3 heteroatoms. The molecule has 112 valence electrons. The minimum atomic E-state index is 0.149. The van der Waals surface area contributed by atoms with Gasteiger partial charge in [0.15, 0.2) is 0 Å². The van der Waals surface area contributed by atoms with E-state index >= 15 is 0 Å². The fraction of sp³-hybridized carbons (Fsp3) is 0.500. The van der Waals surface area contributed by atoms with Gasteiger partial charge in [0.1, 0.15) is 0 Å². The maximum atomic E-state index is 4.87. The zero-order valence-electron chi connectivity index (χ0n) is 13.3. The van der Waals surface area contributed by atoms with Crippen LogP contribution in [0.5, 0.6) is 0 Å². The second-order valence-electron chi connectivity index (χ2n) is 7.01. The number of nitrogens with one attached hydrogen (secondary N) is 1. The predicted molar refractivity (Wildman–Crippen MR) is 90.0 cm³/mol. The molecule has 1 aliphatic rings. The van der Waals surface area contributed by atoms with Crippen LogP contribution in [0.3, 0.4) is 0 Å². The van der Waals surface area contributed by atoms with E-state index in [9.17, 15) is 0 Å². The summed E-state index contributed by atoms with van der Waals surface area (Å²) in [6.07, 6.45) is 2.23. The average Bonchev–Trinajstić information content (AvgIpc) is 3.02. The molecule has 21 heavy (non-hydrogen) atoms. The van der Waals surface area contributed by atoms with E-state index in [0.29, 0.717) is 12.0 Å². The van der Waals surface area contributed by atoms with Gasteiger partial charge in [-0.1, -0.05) is 45.0 Å². The average molecular weight is 300 g/mol. The van der Waals surface area contributed by atoms with Crippen molar-refractivity contribution in [2.24, 2.45) is 5.92 Å². The Morgan fingerprint density at radius 3 is 2.71 bits per heavy atom. The summed E-state index contributed by atoms with van der Waals surface area (Å²) in [4.78, 5) is 4.87. The lowest BCUT2D eigenvalue weighted by molar-refractivity contribution is 0.409. The number of fused-ring (bicyclic) bond motifs is 1. The third-order valence-electron chi connectivity index (χ3n) is 4.41. The second kappa shape index (κ2) is 5.54. The molecule has 1 aromatic carbocycles. The number of thiazole rings is 1. The number of aromatic nitrogens is 1. The van der Waals surface area contributed by atoms with E-state index in [0.717, 1.165) is 12.8 Å². The fourth-order valence-electron chi connectivity index (χ4n) is 3.23. The molecule has 3 rings (SSSR count). The lowest BCUT2D eigenvalue weighted by atomic mass is 9.93. The molecule has 1 aromatic heterocycles. The first-order valence-electron chi connectivity index (χ1n) is 7.69. The van der Waals surface area contributed by atoms with Gasteiger partial charge in [0, 0.05) is 23.3 Å². The topological polar surface area (TPSA) is 24.9 Å². The van der Waals surface area contributed by atoms with E-state index in [2.05, 4.69) is 62.8 Å². The molecule has 0 bridgehead atoms. The molecular formula is C18H24N2S. The van der Waals surface area contributed by atoms with Gasteiger partial charge in [-0.15, -0.1) is 11.3 Å². The van der Waals surface area contributed by atoms with E-state index in [-0.39, 0.29) is 5.41 Å². The third-order valence-corrected chi connectivity index (χ3v) is 5.28. The van der Waals surface area contributed by atoms with Crippen LogP contribution in [0.4, 0.5) is 0 Å². The highest BCUT2D eigenvalue weighted by molar-refractivity contribution is 7.09. The minimum absolute atomic E-state index is 0.149. The van der Waals surface area contributed by atoms with Gasteiger partial charge < -0.3 is 5.32 Å². The van der Waals surface area contributed by atoms with Crippen molar-refractivity contribution >= 4 is 11.3 Å². The van der Waals surface area contributed by atoms with Gasteiger partial charge in [0.2, 0.25) is 0 Å². The molecule has 0 radical (unpaired) electrons. The summed E-state index contributed by atoms with van der Waals surface area (Å²) in [5, 5.41) is 7.01. The summed E-state index contributed by atoms with van der Waals surface area (Å²) in [6, 6.07) is 9.28. The summed E-state index contributed by atoms with van der Waals surface area (Å²) in [5.41, 5.74) is 4.33. The number of benzene rings is 1. The highest BCUT2D eigenvalue weighted by Crippen LogP contribution is 2.38. The first-order valence-corrected chi connectivity index (χ1v) is 8.57. The van der Waals surface area contributed by atoms with Gasteiger partial charge in [-0.25, -0.2) is 4.98 Å².